The van der Waals surface area contributed by atoms with Crippen LogP contribution in [0.5, 0.6) is 0 Å². The van der Waals surface area contributed by atoms with E-state index in [-0.39, 0.29) is 29.1 Å². The van der Waals surface area contributed by atoms with Crippen molar-refractivity contribution in [2.45, 2.75) is 45.4 Å². The van der Waals surface area contributed by atoms with Gasteiger partial charge in [-0.05, 0) is 27.7 Å². The van der Waals surface area contributed by atoms with E-state index in [2.05, 4.69) is 24.1 Å². The fraction of sp³-hybridized carbons (Fsp3) is 0.706. The number of hydrogen-bond acceptors (Lipinski definition) is 6. The lowest BCUT2D eigenvalue weighted by Crippen LogP contribution is -2.57. The maximum Gasteiger partial charge on any atom is 0.332 e. The van der Waals surface area contributed by atoms with Gasteiger partial charge < -0.3 is 10.1 Å². The van der Waals surface area contributed by atoms with E-state index in [0.29, 0.717) is 6.54 Å². The van der Waals surface area contributed by atoms with Crippen molar-refractivity contribution >= 4 is 5.82 Å². The highest BCUT2D eigenvalue weighted by Crippen LogP contribution is 2.22. The van der Waals surface area contributed by atoms with Gasteiger partial charge in [-0.2, -0.15) is 5.26 Å². The minimum atomic E-state index is -0.584. The van der Waals surface area contributed by atoms with E-state index in [1.165, 1.54) is 11.6 Å². The second-order valence-corrected chi connectivity index (χ2v) is 7.37. The van der Waals surface area contributed by atoms with Crippen molar-refractivity contribution in [3.63, 3.8) is 0 Å². The second-order valence-electron chi connectivity index (χ2n) is 7.37. The molecular formula is C17H27N5O3. The van der Waals surface area contributed by atoms with Gasteiger partial charge >= 0.3 is 5.69 Å². The Bertz CT molecular complexity index is 792. The predicted molar refractivity (Wildman–Crippen MR) is 95.8 cm³/mol. The highest BCUT2D eigenvalue weighted by atomic mass is 16.5. The highest BCUT2D eigenvalue weighted by Gasteiger charge is 2.33. The van der Waals surface area contributed by atoms with Crippen molar-refractivity contribution in [2.24, 2.45) is 14.1 Å². The standard InChI is InChI=1S/C17H27N5O3/c1-11-8-22(9-12(2)25-11)17(3,4)10-19-14-13(7-18)15(23)21(6)16(24)20(14)5/h11-12,19H,8-10H2,1-6H3/t11-,12-/m0/s1. The molecule has 0 bridgehead atoms. The molecule has 0 aliphatic carbocycles. The molecule has 25 heavy (non-hydrogen) atoms. The number of nitriles is 1. The summed E-state index contributed by atoms with van der Waals surface area (Å²) in [5.41, 5.74) is -1.34. The van der Waals surface area contributed by atoms with Crippen molar-refractivity contribution in [1.29, 1.82) is 5.26 Å². The predicted octanol–water partition coefficient (Wildman–Crippen LogP) is 0.255. The lowest BCUT2D eigenvalue weighted by Gasteiger charge is -2.45. The average Bonchev–Trinajstić information content (AvgIpc) is 2.54. The van der Waals surface area contributed by atoms with E-state index in [4.69, 9.17) is 4.74 Å². The topological polar surface area (TPSA) is 92.3 Å². The Morgan fingerprint density at radius 3 is 2.28 bits per heavy atom. The molecule has 8 heteroatoms. The van der Waals surface area contributed by atoms with Gasteiger partial charge in [0.05, 0.1) is 12.2 Å². The molecule has 2 heterocycles. The number of morpholine rings is 1. The first-order valence-electron chi connectivity index (χ1n) is 8.43. The first-order chi connectivity index (χ1) is 11.6. The molecule has 0 aromatic carbocycles. The van der Waals surface area contributed by atoms with Gasteiger partial charge in [0.15, 0.2) is 5.56 Å². The fourth-order valence-electron chi connectivity index (χ4n) is 3.24. The molecular weight excluding hydrogens is 322 g/mol. The zero-order valence-electron chi connectivity index (χ0n) is 15.8. The Hall–Kier alpha value is -2.11. The number of ether oxygens (including phenoxy) is 1. The molecule has 0 spiro atoms. The Morgan fingerprint density at radius 1 is 1.20 bits per heavy atom. The van der Waals surface area contributed by atoms with Crippen LogP contribution in [0.15, 0.2) is 9.59 Å². The molecule has 2 atom stereocenters. The summed E-state index contributed by atoms with van der Waals surface area (Å²) < 4.78 is 8.03. The molecule has 2 rings (SSSR count). The molecule has 0 unspecified atom stereocenters. The maximum atomic E-state index is 12.2. The number of nitrogens with one attached hydrogen (secondary N) is 1. The van der Waals surface area contributed by atoms with Crippen LogP contribution in [0.1, 0.15) is 33.3 Å². The van der Waals surface area contributed by atoms with Crippen LogP contribution < -0.4 is 16.6 Å². The second kappa shape index (κ2) is 7.02. The van der Waals surface area contributed by atoms with Crippen LogP contribution in [0.25, 0.3) is 0 Å². The largest absolute Gasteiger partial charge is 0.373 e. The minimum Gasteiger partial charge on any atom is -0.373 e. The van der Waals surface area contributed by atoms with Gasteiger partial charge in [0, 0.05) is 39.3 Å². The Labute approximate surface area is 147 Å². The summed E-state index contributed by atoms with van der Waals surface area (Å²) in [6, 6.07) is 1.91. The number of rotatable bonds is 4. The van der Waals surface area contributed by atoms with E-state index in [9.17, 15) is 14.9 Å². The highest BCUT2D eigenvalue weighted by molar-refractivity contribution is 5.51. The van der Waals surface area contributed by atoms with Crippen LogP contribution in [0.3, 0.4) is 0 Å². The monoisotopic (exact) mass is 349 g/mol. The molecule has 0 saturated carbocycles. The number of anilines is 1. The molecule has 1 fully saturated rings. The van der Waals surface area contributed by atoms with Crippen LogP contribution in [0.2, 0.25) is 0 Å². The fourth-order valence-corrected chi connectivity index (χ4v) is 3.24. The van der Waals surface area contributed by atoms with E-state index >= 15 is 0 Å². The van der Waals surface area contributed by atoms with Crippen molar-refractivity contribution < 1.29 is 4.74 Å². The molecule has 138 valence electrons. The first kappa shape index (κ1) is 19.2. The summed E-state index contributed by atoms with van der Waals surface area (Å²) in [6.07, 6.45) is 0.289. The quantitative estimate of drug-likeness (QED) is 0.838. The maximum absolute atomic E-state index is 12.2. The molecule has 0 radical (unpaired) electrons. The summed E-state index contributed by atoms with van der Waals surface area (Å²) >= 11 is 0. The van der Waals surface area contributed by atoms with Gasteiger partial charge in [-0.1, -0.05) is 0 Å². The van der Waals surface area contributed by atoms with Crippen LogP contribution in [0, 0.1) is 11.3 Å². The van der Waals surface area contributed by atoms with Crippen LogP contribution in [0.4, 0.5) is 5.82 Å². The van der Waals surface area contributed by atoms with Gasteiger partial charge in [-0.15, -0.1) is 0 Å². The van der Waals surface area contributed by atoms with Crippen LogP contribution in [-0.2, 0) is 18.8 Å². The van der Waals surface area contributed by atoms with E-state index in [1.807, 2.05) is 19.9 Å². The number of hydrogen-bond donors (Lipinski definition) is 1. The summed E-state index contributed by atoms with van der Waals surface area (Å²) in [5.74, 6) is 0.262. The summed E-state index contributed by atoms with van der Waals surface area (Å²) in [5, 5.41) is 12.5. The Morgan fingerprint density at radius 2 is 1.76 bits per heavy atom. The van der Waals surface area contributed by atoms with Crippen molar-refractivity contribution in [3.05, 3.63) is 26.4 Å². The van der Waals surface area contributed by atoms with Crippen molar-refractivity contribution in [1.82, 2.24) is 14.0 Å². The third-order valence-corrected chi connectivity index (χ3v) is 4.74. The van der Waals surface area contributed by atoms with Crippen molar-refractivity contribution in [2.75, 3.05) is 25.0 Å². The van der Waals surface area contributed by atoms with Gasteiger partial charge in [0.2, 0.25) is 0 Å². The van der Waals surface area contributed by atoms with Gasteiger partial charge in [-0.25, -0.2) is 4.79 Å². The summed E-state index contributed by atoms with van der Waals surface area (Å²) in [7, 11) is 2.92. The summed E-state index contributed by atoms with van der Waals surface area (Å²) in [4.78, 5) is 26.6. The molecule has 1 aliphatic rings. The summed E-state index contributed by atoms with van der Waals surface area (Å²) in [6.45, 7) is 10.4. The van der Waals surface area contributed by atoms with Crippen LogP contribution in [-0.4, -0.2) is 51.4 Å². The van der Waals surface area contributed by atoms with E-state index in [1.54, 1.807) is 7.05 Å². The zero-order valence-corrected chi connectivity index (χ0v) is 15.8. The molecule has 1 N–H and O–H groups in total. The number of aromatic nitrogens is 2. The normalized spacial score (nSPS) is 21.8. The lowest BCUT2D eigenvalue weighted by atomic mass is 10.00. The van der Waals surface area contributed by atoms with E-state index < -0.39 is 11.2 Å². The molecule has 1 saturated heterocycles. The number of nitrogens with zero attached hydrogens (tertiary/aromatic N) is 4. The Kier molecular flexibility index (Phi) is 5.40. The molecule has 1 aromatic heterocycles. The van der Waals surface area contributed by atoms with Gasteiger partial charge in [-0.3, -0.25) is 18.8 Å². The molecule has 1 aliphatic heterocycles. The minimum absolute atomic E-state index is 0.0517. The molecule has 8 nitrogen and oxygen atoms in total. The lowest BCUT2D eigenvalue weighted by molar-refractivity contribution is -0.0933. The van der Waals surface area contributed by atoms with Crippen LogP contribution >= 0.6 is 0 Å². The van der Waals surface area contributed by atoms with Gasteiger partial charge in [0.25, 0.3) is 5.56 Å². The van der Waals surface area contributed by atoms with E-state index in [0.717, 1.165) is 17.7 Å². The third kappa shape index (κ3) is 3.78. The molecule has 1 aromatic rings. The third-order valence-electron chi connectivity index (χ3n) is 4.74. The first-order valence-corrected chi connectivity index (χ1v) is 8.43. The smallest absolute Gasteiger partial charge is 0.332 e. The zero-order chi connectivity index (χ0) is 18.9. The SMILES string of the molecule is C[C@H]1CN(C(C)(C)CNc2c(C#N)c(=O)n(C)c(=O)n2C)C[C@H](C)O1. The average molecular weight is 349 g/mol. The van der Waals surface area contributed by atoms with Crippen molar-refractivity contribution in [3.8, 4) is 6.07 Å². The molecule has 0 amide bonds. The van der Waals surface area contributed by atoms with Gasteiger partial charge in [0.1, 0.15) is 11.9 Å². The Balaban J connectivity index is 2.28.